The zero-order valence-electron chi connectivity index (χ0n) is 18.9. The Kier molecular flexibility index (Phi) is 5.85. The van der Waals surface area contributed by atoms with Gasteiger partial charge >= 0.3 is 0 Å². The summed E-state index contributed by atoms with van der Waals surface area (Å²) < 4.78 is 56.6. The molecule has 0 spiro atoms. The quantitative estimate of drug-likeness (QED) is 0.252. The third-order valence-corrected chi connectivity index (χ3v) is 8.61. The summed E-state index contributed by atoms with van der Waals surface area (Å²) in [5.74, 6) is -0.224. The van der Waals surface area contributed by atoms with Crippen molar-refractivity contribution in [2.24, 2.45) is 5.18 Å². The highest BCUT2D eigenvalue weighted by Crippen LogP contribution is 2.47. The van der Waals surface area contributed by atoms with Crippen molar-refractivity contribution < 1.29 is 27.0 Å². The van der Waals surface area contributed by atoms with E-state index in [0.29, 0.717) is 22.3 Å². The molecule has 4 N–H and O–H groups in total. The van der Waals surface area contributed by atoms with Crippen molar-refractivity contribution in [3.8, 4) is 22.6 Å². The van der Waals surface area contributed by atoms with Gasteiger partial charge in [-0.1, -0.05) is 29.4 Å². The fourth-order valence-electron chi connectivity index (χ4n) is 4.21. The molecule has 37 heavy (non-hydrogen) atoms. The van der Waals surface area contributed by atoms with Crippen molar-refractivity contribution in [3.63, 3.8) is 0 Å². The van der Waals surface area contributed by atoms with Gasteiger partial charge < -0.3 is 10.2 Å². The van der Waals surface area contributed by atoms with Crippen LogP contribution >= 0.6 is 0 Å². The van der Waals surface area contributed by atoms with Crippen LogP contribution in [-0.2, 0) is 20.0 Å². The molecule has 0 aromatic heterocycles. The molecule has 4 aromatic rings. The van der Waals surface area contributed by atoms with Gasteiger partial charge in [-0.25, -0.2) is 16.8 Å². The topological polar surface area (TPSA) is 162 Å². The zero-order valence-corrected chi connectivity index (χ0v) is 20.5. The molecule has 1 aliphatic carbocycles. The number of nitroso groups, excluding NO2 is 1. The van der Waals surface area contributed by atoms with Crippen LogP contribution in [0.5, 0.6) is 11.5 Å². The van der Waals surface area contributed by atoms with Crippen molar-refractivity contribution in [2.75, 3.05) is 9.44 Å². The van der Waals surface area contributed by atoms with Gasteiger partial charge in [0.25, 0.3) is 20.0 Å². The average Bonchev–Trinajstić information content (AvgIpc) is 3.16. The van der Waals surface area contributed by atoms with E-state index in [1.165, 1.54) is 84.9 Å². The molecular weight excluding hydrogens is 518 g/mol. The monoisotopic (exact) mass is 537 g/mol. The summed E-state index contributed by atoms with van der Waals surface area (Å²) in [5.41, 5.74) is 2.06. The second-order valence-electron chi connectivity index (χ2n) is 8.32. The highest BCUT2D eigenvalue weighted by atomic mass is 32.2. The van der Waals surface area contributed by atoms with Gasteiger partial charge in [-0.05, 0) is 70.8 Å². The first kappa shape index (κ1) is 24.3. The first-order chi connectivity index (χ1) is 17.6. The molecule has 0 fully saturated rings. The van der Waals surface area contributed by atoms with Crippen LogP contribution in [0.3, 0.4) is 0 Å². The van der Waals surface area contributed by atoms with Crippen LogP contribution in [0.2, 0.25) is 0 Å². The van der Waals surface area contributed by atoms with Crippen LogP contribution in [0.1, 0.15) is 17.2 Å². The lowest BCUT2D eigenvalue weighted by Crippen LogP contribution is -2.13. The van der Waals surface area contributed by atoms with Crippen molar-refractivity contribution in [3.05, 3.63) is 101 Å². The Labute approximate surface area is 212 Å². The Bertz CT molecular complexity index is 1640. The molecule has 188 valence electrons. The van der Waals surface area contributed by atoms with Crippen LogP contribution in [0, 0.1) is 4.91 Å². The van der Waals surface area contributed by atoms with Gasteiger partial charge in [-0.3, -0.25) is 9.44 Å². The van der Waals surface area contributed by atoms with Crippen molar-refractivity contribution in [2.45, 2.75) is 15.8 Å². The van der Waals surface area contributed by atoms with Crippen LogP contribution in [0.4, 0.5) is 11.4 Å². The number of phenolic OH excluding ortho intramolecular Hbond substituents is 2. The third kappa shape index (κ3) is 4.59. The van der Waals surface area contributed by atoms with E-state index in [-0.39, 0.29) is 32.7 Å². The maximum absolute atomic E-state index is 13.0. The number of hydrogen-bond donors (Lipinski definition) is 4. The molecule has 1 aliphatic rings. The highest BCUT2D eigenvalue weighted by Gasteiger charge is 2.33. The van der Waals surface area contributed by atoms with E-state index in [2.05, 4.69) is 14.6 Å². The number of rotatable bonds is 7. The Morgan fingerprint density at radius 1 is 0.622 bits per heavy atom. The lowest BCUT2D eigenvalue weighted by molar-refractivity contribution is 0.475. The van der Waals surface area contributed by atoms with Crippen molar-refractivity contribution >= 4 is 31.4 Å². The Hall–Kier alpha value is -4.42. The van der Waals surface area contributed by atoms with E-state index in [9.17, 15) is 32.0 Å². The van der Waals surface area contributed by atoms with Gasteiger partial charge in [0, 0.05) is 12.1 Å². The van der Waals surface area contributed by atoms with E-state index >= 15 is 0 Å². The zero-order chi connectivity index (χ0) is 26.4. The van der Waals surface area contributed by atoms with E-state index in [1.54, 1.807) is 0 Å². The largest absolute Gasteiger partial charge is 0.508 e. The third-order valence-electron chi connectivity index (χ3n) is 5.85. The maximum Gasteiger partial charge on any atom is 0.261 e. The molecule has 0 aliphatic heterocycles. The minimum absolute atomic E-state index is 0.112. The van der Waals surface area contributed by atoms with Crippen LogP contribution < -0.4 is 9.44 Å². The summed E-state index contributed by atoms with van der Waals surface area (Å²) in [6.07, 6.45) is 0. The molecule has 5 rings (SSSR count). The van der Waals surface area contributed by atoms with Gasteiger partial charge in [0.15, 0.2) is 0 Å². The maximum atomic E-state index is 13.0. The summed E-state index contributed by atoms with van der Waals surface area (Å²) in [5, 5.41) is 22.4. The van der Waals surface area contributed by atoms with Crippen LogP contribution in [0.25, 0.3) is 11.1 Å². The number of sulfonamides is 2. The smallest absolute Gasteiger partial charge is 0.261 e. The summed E-state index contributed by atoms with van der Waals surface area (Å²) in [7, 11) is -8.14. The number of phenols is 2. The molecule has 12 heteroatoms. The fourth-order valence-corrected chi connectivity index (χ4v) is 6.38. The SMILES string of the molecule is O=NC1c2cc(S(=O)(=O)Nc3cccc(O)c3)ccc2-c2ccc(S(=O)(=O)Nc3cccc(O)c3)cc21. The first-order valence-electron chi connectivity index (χ1n) is 10.8. The minimum atomic E-state index is -4.07. The Balaban J connectivity index is 1.49. The molecule has 0 unspecified atom stereocenters. The van der Waals surface area contributed by atoms with Crippen LogP contribution in [0.15, 0.2) is 99.9 Å². The van der Waals surface area contributed by atoms with Crippen LogP contribution in [-0.4, -0.2) is 27.0 Å². The summed E-state index contributed by atoms with van der Waals surface area (Å²) in [4.78, 5) is 11.6. The molecule has 0 saturated heterocycles. The summed E-state index contributed by atoms with van der Waals surface area (Å²) >= 11 is 0. The summed E-state index contributed by atoms with van der Waals surface area (Å²) in [6.45, 7) is 0. The van der Waals surface area contributed by atoms with E-state index in [4.69, 9.17) is 0 Å². The number of fused-ring (bicyclic) bond motifs is 3. The molecule has 4 aromatic carbocycles. The molecular formula is C25H19N3O7S2. The average molecular weight is 538 g/mol. The molecule has 0 bridgehead atoms. The van der Waals surface area contributed by atoms with Gasteiger partial charge in [-0.15, -0.1) is 4.91 Å². The normalized spacial score (nSPS) is 13.0. The van der Waals surface area contributed by atoms with E-state index in [0.717, 1.165) is 0 Å². The van der Waals surface area contributed by atoms with E-state index in [1.807, 2.05) is 0 Å². The van der Waals surface area contributed by atoms with Gasteiger partial charge in [0.05, 0.1) is 21.2 Å². The second kappa shape index (κ2) is 8.91. The summed E-state index contributed by atoms with van der Waals surface area (Å²) in [6, 6.07) is 18.6. The highest BCUT2D eigenvalue weighted by molar-refractivity contribution is 7.93. The Morgan fingerprint density at radius 2 is 1.05 bits per heavy atom. The predicted molar refractivity (Wildman–Crippen MR) is 137 cm³/mol. The lowest BCUT2D eigenvalue weighted by Gasteiger charge is -2.11. The number of aromatic hydroxyl groups is 2. The van der Waals surface area contributed by atoms with Gasteiger partial charge in [0.1, 0.15) is 17.5 Å². The van der Waals surface area contributed by atoms with Crippen molar-refractivity contribution in [1.29, 1.82) is 0 Å². The molecule has 0 radical (unpaired) electrons. The standard InChI is InChI=1S/C25H19N3O7S2/c29-17-5-1-3-15(11-17)27-36(32,33)19-7-9-21-22-10-8-20(14-24(22)25(26-31)23(21)13-19)37(34,35)28-16-4-2-6-18(30)12-16/h1-14,25,27-30H. The number of nitrogens with one attached hydrogen (secondary N) is 2. The number of benzene rings is 4. The second-order valence-corrected chi connectivity index (χ2v) is 11.7. The fraction of sp³-hybridized carbons (Fsp3) is 0.0400. The van der Waals surface area contributed by atoms with Gasteiger partial charge in [-0.2, -0.15) is 0 Å². The minimum Gasteiger partial charge on any atom is -0.508 e. The molecule has 0 amide bonds. The molecule has 0 heterocycles. The predicted octanol–water partition coefficient (Wildman–Crippen LogP) is 4.54. The molecule has 0 saturated carbocycles. The molecule has 0 atom stereocenters. The van der Waals surface area contributed by atoms with E-state index < -0.39 is 26.1 Å². The molecule has 10 nitrogen and oxygen atoms in total. The number of nitrogens with zero attached hydrogens (tertiary/aromatic N) is 1. The number of hydrogen-bond acceptors (Lipinski definition) is 8. The lowest BCUT2D eigenvalue weighted by atomic mass is 10.1. The Morgan fingerprint density at radius 3 is 1.43 bits per heavy atom. The number of anilines is 2. The van der Waals surface area contributed by atoms with Crippen molar-refractivity contribution in [1.82, 2.24) is 0 Å². The van der Waals surface area contributed by atoms with Gasteiger partial charge in [0.2, 0.25) is 0 Å². The first-order valence-corrected chi connectivity index (χ1v) is 13.8.